The van der Waals surface area contributed by atoms with Crippen LogP contribution in [-0.2, 0) is 25.7 Å². The third-order valence-electron chi connectivity index (χ3n) is 13.0. The Kier molecular flexibility index (Phi) is 17.4. The van der Waals surface area contributed by atoms with Crippen molar-refractivity contribution >= 4 is 11.6 Å². The molecule has 2 saturated carbocycles. The molecule has 6 atom stereocenters. The van der Waals surface area contributed by atoms with E-state index in [9.17, 15) is 24.5 Å². The average Bonchev–Trinajstić information content (AvgIpc) is 3.79. The average molecular weight is 835 g/mol. The Bertz CT molecular complexity index is 1750. The molecular formula is C48H67FN2O9. The quantitative estimate of drug-likeness (QED) is 0.0518. The summed E-state index contributed by atoms with van der Waals surface area (Å²) in [5.41, 5.74) is 3.07. The van der Waals surface area contributed by atoms with Crippen LogP contribution in [0.2, 0.25) is 0 Å². The molecule has 1 aliphatic heterocycles. The number of aliphatic hydroxyl groups excluding tert-OH is 3. The Morgan fingerprint density at radius 1 is 1.02 bits per heavy atom. The normalized spacial score (nSPS) is 25.2. The predicted molar refractivity (Wildman–Crippen MR) is 228 cm³/mol. The molecule has 0 spiro atoms. The molecule has 2 aromatic carbocycles. The summed E-state index contributed by atoms with van der Waals surface area (Å²) in [5, 5.41) is 34.2. The van der Waals surface area contributed by atoms with E-state index in [0.29, 0.717) is 55.3 Å². The second-order valence-electron chi connectivity index (χ2n) is 16.7. The van der Waals surface area contributed by atoms with Crippen LogP contribution in [0.25, 0.3) is 0 Å². The third kappa shape index (κ3) is 10.8. The fourth-order valence-corrected chi connectivity index (χ4v) is 10.2. The molecular weight excluding hydrogens is 768 g/mol. The van der Waals surface area contributed by atoms with Crippen molar-refractivity contribution in [1.29, 1.82) is 0 Å². The fraction of sp³-hybridized carbons (Fsp3) is 0.625. The lowest BCUT2D eigenvalue weighted by molar-refractivity contribution is -0.258. The highest BCUT2D eigenvalue weighted by molar-refractivity contribution is 6.03. The molecule has 11 nitrogen and oxygen atoms in total. The summed E-state index contributed by atoms with van der Waals surface area (Å²) in [5.74, 6) is -0.574. The number of carbonyl (C=O) groups is 1. The minimum atomic E-state index is -1.39. The zero-order chi connectivity index (χ0) is 42.3. The van der Waals surface area contributed by atoms with E-state index in [0.717, 1.165) is 61.8 Å². The van der Waals surface area contributed by atoms with Crippen LogP contribution in [-0.4, -0.2) is 96.5 Å². The molecule has 2 fully saturated rings. The topological polar surface area (TPSA) is 140 Å². The third-order valence-corrected chi connectivity index (χ3v) is 13.0. The van der Waals surface area contributed by atoms with Gasteiger partial charge in [0.15, 0.2) is 0 Å². The Hall–Kier alpha value is -3.81. The lowest BCUT2D eigenvalue weighted by atomic mass is 9.55. The maximum atomic E-state index is 14.8. The molecule has 60 heavy (non-hydrogen) atoms. The van der Waals surface area contributed by atoms with Crippen molar-refractivity contribution in [2.45, 2.75) is 115 Å². The molecule has 4 aliphatic rings. The minimum absolute atomic E-state index is 0.00992. The second kappa shape index (κ2) is 22.9. The van der Waals surface area contributed by atoms with Crippen LogP contribution in [0.4, 0.5) is 4.39 Å². The summed E-state index contributed by atoms with van der Waals surface area (Å²) in [6, 6.07) is 11.7. The molecule has 1 heterocycles. The first kappa shape index (κ1) is 45.7. The Balaban J connectivity index is 1.52. The molecule has 0 saturated heterocycles. The molecule has 6 unspecified atom stereocenters. The van der Waals surface area contributed by atoms with Gasteiger partial charge in [0.05, 0.1) is 38.1 Å². The van der Waals surface area contributed by atoms with E-state index < -0.39 is 17.7 Å². The van der Waals surface area contributed by atoms with Crippen molar-refractivity contribution in [3.8, 4) is 11.5 Å². The van der Waals surface area contributed by atoms with E-state index in [-0.39, 0.29) is 82.3 Å². The lowest BCUT2D eigenvalue weighted by Gasteiger charge is -2.60. The van der Waals surface area contributed by atoms with Gasteiger partial charge in [-0.2, -0.15) is 0 Å². The van der Waals surface area contributed by atoms with E-state index in [1.165, 1.54) is 18.9 Å². The highest BCUT2D eigenvalue weighted by Gasteiger charge is 2.65. The summed E-state index contributed by atoms with van der Waals surface area (Å²) in [7, 11) is 0. The van der Waals surface area contributed by atoms with Gasteiger partial charge in [-0.3, -0.25) is 4.79 Å². The summed E-state index contributed by atoms with van der Waals surface area (Å²) >= 11 is 0. The number of allylic oxidation sites excluding steroid dienone is 1. The molecule has 6 rings (SSSR count). The SMILES string of the molecule is C=CCOC12Oc3ccc(OCc4ccccc4F)cc3C3C(CCCCO)C(CCCCO)C=C(C(=NOCC)CC1N(CCOCCO)C(=O)CCC1CCCC1)C32. The van der Waals surface area contributed by atoms with Crippen LogP contribution in [0, 0.1) is 29.5 Å². The van der Waals surface area contributed by atoms with Crippen LogP contribution in [0.5, 0.6) is 11.5 Å². The molecule has 330 valence electrons. The van der Waals surface area contributed by atoms with Crippen molar-refractivity contribution in [3.05, 3.63) is 83.7 Å². The van der Waals surface area contributed by atoms with Crippen LogP contribution < -0.4 is 9.47 Å². The number of hydrogen-bond acceptors (Lipinski definition) is 10. The fourth-order valence-electron chi connectivity index (χ4n) is 10.2. The van der Waals surface area contributed by atoms with E-state index in [1.807, 2.05) is 30.0 Å². The second-order valence-corrected chi connectivity index (χ2v) is 16.7. The molecule has 12 heteroatoms. The minimum Gasteiger partial charge on any atom is -0.489 e. The highest BCUT2D eigenvalue weighted by atomic mass is 19.1. The maximum absolute atomic E-state index is 14.8. The Labute approximate surface area is 355 Å². The van der Waals surface area contributed by atoms with Crippen molar-refractivity contribution in [3.63, 3.8) is 0 Å². The van der Waals surface area contributed by atoms with Gasteiger partial charge in [0.25, 0.3) is 0 Å². The van der Waals surface area contributed by atoms with Gasteiger partial charge in [0.2, 0.25) is 11.7 Å². The van der Waals surface area contributed by atoms with Crippen molar-refractivity contribution in [2.75, 3.05) is 52.8 Å². The molecule has 1 amide bonds. The standard InChI is InChI=1S/C48H67FN2O9/c1-3-27-58-48-44(51(23-28-56-29-26-54)45(55)22-19-34-13-5-6-14-34)32-42(50-59-4-2)39-30-35(15-9-11-24-52)38(17-10-12-25-53)46(47(39)48)40-31-37(20-21-43(40)60-48)57-33-36-16-7-8-18-41(36)49/h3,7-8,16,18,20-21,30-31,34-35,38,44,46-47,52-54H,1,4-6,9-15,17,19,22-29,32-33H2,2H3. The first-order valence-corrected chi connectivity index (χ1v) is 22.4. The number of hydrogen-bond donors (Lipinski definition) is 3. The number of aliphatic hydroxyl groups is 3. The predicted octanol–water partition coefficient (Wildman–Crippen LogP) is 7.87. The smallest absolute Gasteiger partial charge is 0.239 e. The number of halogens is 1. The van der Waals surface area contributed by atoms with Crippen LogP contribution >= 0.6 is 0 Å². The van der Waals surface area contributed by atoms with Crippen LogP contribution in [0.3, 0.4) is 0 Å². The van der Waals surface area contributed by atoms with E-state index >= 15 is 0 Å². The van der Waals surface area contributed by atoms with Gasteiger partial charge in [-0.25, -0.2) is 4.39 Å². The monoisotopic (exact) mass is 834 g/mol. The van der Waals surface area contributed by atoms with Gasteiger partial charge in [0.1, 0.15) is 36.6 Å². The number of fused-ring (bicyclic) bond motifs is 2. The summed E-state index contributed by atoms with van der Waals surface area (Å²) in [6.07, 6.45) is 14.7. The first-order valence-electron chi connectivity index (χ1n) is 22.4. The maximum Gasteiger partial charge on any atom is 0.239 e. The lowest BCUT2D eigenvalue weighted by Crippen LogP contribution is -2.70. The number of amides is 1. The summed E-state index contributed by atoms with van der Waals surface area (Å²) in [6.45, 7) is 7.18. The first-order chi connectivity index (χ1) is 29.4. The van der Waals surface area contributed by atoms with Crippen LogP contribution in [0.15, 0.2) is 71.9 Å². The largest absolute Gasteiger partial charge is 0.489 e. The zero-order valence-electron chi connectivity index (χ0n) is 35.5. The number of benzene rings is 2. The van der Waals surface area contributed by atoms with Gasteiger partial charge in [-0.05, 0) is 86.6 Å². The summed E-state index contributed by atoms with van der Waals surface area (Å²) in [4.78, 5) is 22.5. The van der Waals surface area contributed by atoms with Gasteiger partial charge >= 0.3 is 0 Å². The van der Waals surface area contributed by atoms with Crippen molar-refractivity contribution < 1.29 is 48.3 Å². The zero-order valence-corrected chi connectivity index (χ0v) is 35.5. The van der Waals surface area contributed by atoms with Gasteiger partial charge < -0.3 is 44.0 Å². The van der Waals surface area contributed by atoms with E-state index in [1.54, 1.807) is 24.3 Å². The van der Waals surface area contributed by atoms with E-state index in [2.05, 4.69) is 12.7 Å². The van der Waals surface area contributed by atoms with Crippen molar-refractivity contribution in [1.82, 2.24) is 4.90 Å². The number of oxime groups is 1. The molecule has 3 aliphatic carbocycles. The molecule has 0 aromatic heterocycles. The molecule has 3 N–H and O–H groups in total. The number of rotatable bonds is 25. The van der Waals surface area contributed by atoms with Crippen molar-refractivity contribution in [2.24, 2.45) is 28.8 Å². The number of ether oxygens (including phenoxy) is 4. The number of unbranched alkanes of at least 4 members (excludes halogenated alkanes) is 2. The van der Waals surface area contributed by atoms with Crippen LogP contribution in [0.1, 0.15) is 107 Å². The molecule has 2 aromatic rings. The number of carbonyl (C=O) groups excluding carboxylic acids is 1. The summed E-state index contributed by atoms with van der Waals surface area (Å²) < 4.78 is 41.3. The van der Waals surface area contributed by atoms with Gasteiger partial charge in [-0.15, -0.1) is 6.58 Å². The van der Waals surface area contributed by atoms with Gasteiger partial charge in [-0.1, -0.05) is 74.0 Å². The number of nitrogens with zero attached hydrogens (tertiary/aromatic N) is 2. The van der Waals surface area contributed by atoms with E-state index in [4.69, 9.17) is 28.9 Å². The molecule has 0 bridgehead atoms. The van der Waals surface area contributed by atoms with Gasteiger partial charge in [0, 0.05) is 49.6 Å². The Morgan fingerprint density at radius 3 is 2.53 bits per heavy atom. The highest BCUT2D eigenvalue weighted by Crippen LogP contribution is 2.62. The molecule has 0 radical (unpaired) electrons. The Morgan fingerprint density at radius 2 is 1.80 bits per heavy atom.